The third kappa shape index (κ3) is 5.21. The van der Waals surface area contributed by atoms with E-state index in [9.17, 15) is 9.59 Å². The lowest BCUT2D eigenvalue weighted by molar-refractivity contribution is -0.146. The second-order valence-corrected chi connectivity index (χ2v) is 7.16. The molecule has 1 fully saturated rings. The van der Waals surface area contributed by atoms with Crippen LogP contribution in [-0.2, 0) is 20.8 Å². The lowest BCUT2D eigenvalue weighted by Gasteiger charge is -2.23. The van der Waals surface area contributed by atoms with Crippen LogP contribution in [0.2, 0.25) is 0 Å². The zero-order chi connectivity index (χ0) is 20.6. The van der Waals surface area contributed by atoms with Gasteiger partial charge in [0.2, 0.25) is 0 Å². The van der Waals surface area contributed by atoms with Crippen molar-refractivity contribution in [2.24, 2.45) is 5.92 Å². The molecule has 29 heavy (non-hydrogen) atoms. The van der Waals surface area contributed by atoms with Crippen LogP contribution in [0.4, 0.5) is 0 Å². The van der Waals surface area contributed by atoms with Crippen molar-refractivity contribution < 1.29 is 19.1 Å². The number of aromatic nitrogens is 1. The van der Waals surface area contributed by atoms with Gasteiger partial charge in [-0.2, -0.15) is 0 Å². The summed E-state index contributed by atoms with van der Waals surface area (Å²) in [6, 6.07) is 13.6. The van der Waals surface area contributed by atoms with Crippen molar-refractivity contribution in [3.8, 4) is 0 Å². The van der Waals surface area contributed by atoms with E-state index in [0.29, 0.717) is 11.3 Å². The zero-order valence-corrected chi connectivity index (χ0v) is 17.0. The Kier molecular flexibility index (Phi) is 7.36. The molecule has 2 heterocycles. The maximum Gasteiger partial charge on any atom is 0.340 e. The van der Waals surface area contributed by atoms with Gasteiger partial charge in [0.15, 0.2) is 0 Å². The summed E-state index contributed by atoms with van der Waals surface area (Å²) in [4.78, 5) is 32.1. The molecule has 1 aromatic heterocycles. The first kappa shape index (κ1) is 21.0. The predicted molar refractivity (Wildman–Crippen MR) is 109 cm³/mol. The van der Waals surface area contributed by atoms with Gasteiger partial charge in [-0.15, -0.1) is 0 Å². The third-order valence-corrected chi connectivity index (χ3v) is 5.20. The fraction of sp³-hybridized carbons (Fsp3) is 0.435. The van der Waals surface area contributed by atoms with Crippen molar-refractivity contribution in [2.75, 3.05) is 26.3 Å². The Bertz CT molecular complexity index is 825. The molecule has 0 bridgehead atoms. The summed E-state index contributed by atoms with van der Waals surface area (Å²) in [6.07, 6.45) is 2.45. The first-order chi connectivity index (χ1) is 14.1. The molecule has 0 amide bonds. The number of likely N-dealkylation sites (tertiary alicyclic amines) is 1. The predicted octanol–water partition coefficient (Wildman–Crippen LogP) is 3.43. The van der Waals surface area contributed by atoms with Gasteiger partial charge in [0.1, 0.15) is 5.92 Å². The highest BCUT2D eigenvalue weighted by Gasteiger charge is 2.39. The van der Waals surface area contributed by atoms with Crippen molar-refractivity contribution >= 4 is 11.9 Å². The van der Waals surface area contributed by atoms with Gasteiger partial charge in [-0.05, 0) is 50.4 Å². The number of carbonyl (C=O) groups is 2. The lowest BCUT2D eigenvalue weighted by Crippen LogP contribution is -2.29. The number of rotatable bonds is 8. The highest BCUT2D eigenvalue weighted by Crippen LogP contribution is 2.34. The van der Waals surface area contributed by atoms with Crippen molar-refractivity contribution in [3.63, 3.8) is 0 Å². The Morgan fingerprint density at radius 3 is 2.59 bits per heavy atom. The summed E-state index contributed by atoms with van der Waals surface area (Å²) < 4.78 is 10.5. The van der Waals surface area contributed by atoms with Gasteiger partial charge in [-0.3, -0.25) is 14.7 Å². The molecule has 3 rings (SSSR count). The van der Waals surface area contributed by atoms with Gasteiger partial charge in [0.05, 0.1) is 24.5 Å². The average Bonchev–Trinajstić information content (AvgIpc) is 3.17. The van der Waals surface area contributed by atoms with E-state index in [1.165, 1.54) is 5.56 Å². The van der Waals surface area contributed by atoms with E-state index in [1.54, 1.807) is 32.2 Å². The van der Waals surface area contributed by atoms with Crippen LogP contribution < -0.4 is 0 Å². The number of ether oxygens (including phenoxy) is 2. The topological polar surface area (TPSA) is 68.7 Å². The van der Waals surface area contributed by atoms with E-state index in [0.717, 1.165) is 26.1 Å². The van der Waals surface area contributed by atoms with Crippen LogP contribution in [0.3, 0.4) is 0 Å². The summed E-state index contributed by atoms with van der Waals surface area (Å²) in [5.41, 5.74) is 2.04. The maximum atomic E-state index is 12.9. The van der Waals surface area contributed by atoms with E-state index >= 15 is 0 Å². The maximum absolute atomic E-state index is 12.9. The quantitative estimate of drug-likeness (QED) is 0.637. The van der Waals surface area contributed by atoms with Crippen LogP contribution in [0.1, 0.15) is 47.8 Å². The van der Waals surface area contributed by atoms with Crippen LogP contribution in [-0.4, -0.2) is 48.1 Å². The molecule has 6 nitrogen and oxygen atoms in total. The van der Waals surface area contributed by atoms with E-state index in [1.807, 2.05) is 18.2 Å². The minimum Gasteiger partial charge on any atom is -0.465 e. The normalized spacial score (nSPS) is 17.7. The highest BCUT2D eigenvalue weighted by atomic mass is 16.5. The van der Waals surface area contributed by atoms with E-state index < -0.39 is 11.9 Å². The molecule has 0 spiro atoms. The SMILES string of the molecule is CCOC(=O)c1cccnc1C(C(=O)OCC)C1CCN(Cc2ccccc2)C1. The zero-order valence-electron chi connectivity index (χ0n) is 17.0. The number of hydrogen-bond acceptors (Lipinski definition) is 6. The van der Waals surface area contributed by atoms with Crippen LogP contribution in [0.25, 0.3) is 0 Å². The molecule has 0 aliphatic carbocycles. The molecule has 0 N–H and O–H groups in total. The molecule has 1 aliphatic heterocycles. The van der Waals surface area contributed by atoms with Crippen LogP contribution in [0.5, 0.6) is 0 Å². The molecule has 2 unspecified atom stereocenters. The van der Waals surface area contributed by atoms with Gasteiger partial charge in [0, 0.05) is 19.3 Å². The summed E-state index contributed by atoms with van der Waals surface area (Å²) in [6.45, 7) is 6.57. The Hall–Kier alpha value is -2.73. The molecule has 0 saturated carbocycles. The first-order valence-electron chi connectivity index (χ1n) is 10.2. The van der Waals surface area contributed by atoms with Crippen molar-refractivity contribution in [2.45, 2.75) is 32.7 Å². The van der Waals surface area contributed by atoms with Crippen LogP contribution in [0.15, 0.2) is 48.7 Å². The summed E-state index contributed by atoms with van der Waals surface area (Å²) >= 11 is 0. The summed E-state index contributed by atoms with van der Waals surface area (Å²) in [7, 11) is 0. The molecular weight excluding hydrogens is 368 g/mol. The minimum absolute atomic E-state index is 0.0286. The molecule has 2 aromatic rings. The van der Waals surface area contributed by atoms with Gasteiger partial charge >= 0.3 is 11.9 Å². The fourth-order valence-electron chi connectivity index (χ4n) is 3.93. The van der Waals surface area contributed by atoms with E-state index in [2.05, 4.69) is 22.0 Å². The first-order valence-corrected chi connectivity index (χ1v) is 10.2. The number of nitrogens with zero attached hydrogens (tertiary/aromatic N) is 2. The van der Waals surface area contributed by atoms with Gasteiger partial charge in [0.25, 0.3) is 0 Å². The number of carbonyl (C=O) groups excluding carboxylic acids is 2. The lowest BCUT2D eigenvalue weighted by atomic mass is 9.86. The monoisotopic (exact) mass is 396 g/mol. The molecular formula is C23H28N2O4. The standard InChI is InChI=1S/C23H28N2O4/c1-3-28-22(26)19-11-8-13-24-21(19)20(23(27)29-4-2)18-12-14-25(16-18)15-17-9-6-5-7-10-17/h5-11,13,18,20H,3-4,12,14-16H2,1-2H3. The van der Waals surface area contributed by atoms with Crippen molar-refractivity contribution in [3.05, 3.63) is 65.5 Å². The van der Waals surface area contributed by atoms with Gasteiger partial charge < -0.3 is 9.47 Å². The third-order valence-electron chi connectivity index (χ3n) is 5.20. The Balaban J connectivity index is 1.84. The van der Waals surface area contributed by atoms with Crippen molar-refractivity contribution in [1.82, 2.24) is 9.88 Å². The minimum atomic E-state index is -0.587. The van der Waals surface area contributed by atoms with E-state index in [-0.39, 0.29) is 25.1 Å². The summed E-state index contributed by atoms with van der Waals surface area (Å²) in [5, 5.41) is 0. The fourth-order valence-corrected chi connectivity index (χ4v) is 3.93. The Morgan fingerprint density at radius 1 is 1.10 bits per heavy atom. The number of esters is 2. The Morgan fingerprint density at radius 2 is 1.86 bits per heavy atom. The number of pyridine rings is 1. The molecule has 0 radical (unpaired) electrons. The van der Waals surface area contributed by atoms with Gasteiger partial charge in [-0.1, -0.05) is 30.3 Å². The second kappa shape index (κ2) is 10.2. The smallest absolute Gasteiger partial charge is 0.340 e. The van der Waals surface area contributed by atoms with Gasteiger partial charge in [-0.25, -0.2) is 4.79 Å². The molecule has 1 saturated heterocycles. The van der Waals surface area contributed by atoms with Crippen LogP contribution in [0, 0.1) is 5.92 Å². The molecule has 6 heteroatoms. The molecule has 1 aromatic carbocycles. The highest BCUT2D eigenvalue weighted by molar-refractivity contribution is 5.93. The molecule has 154 valence electrons. The van der Waals surface area contributed by atoms with Crippen molar-refractivity contribution in [1.29, 1.82) is 0 Å². The largest absolute Gasteiger partial charge is 0.465 e. The average molecular weight is 396 g/mol. The molecule has 1 aliphatic rings. The van der Waals surface area contributed by atoms with Crippen LogP contribution >= 0.6 is 0 Å². The Labute approximate surface area is 171 Å². The van der Waals surface area contributed by atoms with E-state index in [4.69, 9.17) is 9.47 Å². The number of hydrogen-bond donors (Lipinski definition) is 0. The second-order valence-electron chi connectivity index (χ2n) is 7.16. The summed E-state index contributed by atoms with van der Waals surface area (Å²) in [5.74, 6) is -1.34. The number of benzene rings is 1. The molecule has 2 atom stereocenters.